The maximum absolute atomic E-state index is 12.7. The first kappa shape index (κ1) is 17.4. The molecular weight excluding hydrogens is 314 g/mol. The average Bonchev–Trinajstić information content (AvgIpc) is 2.82. The molecule has 0 aliphatic carbocycles. The molecule has 1 aliphatic rings. The zero-order chi connectivity index (χ0) is 16.9. The Bertz CT molecular complexity index is 692. The Kier molecular flexibility index (Phi) is 5.74. The van der Waals surface area contributed by atoms with Crippen LogP contribution in [0.1, 0.15) is 31.7 Å². The molecule has 0 aromatic heterocycles. The molecule has 0 saturated carbocycles. The Balaban J connectivity index is 2.11. The molecule has 124 valence electrons. The highest BCUT2D eigenvalue weighted by Gasteiger charge is 2.27. The van der Waals surface area contributed by atoms with Gasteiger partial charge < -0.3 is 4.90 Å². The first-order valence-corrected chi connectivity index (χ1v) is 9.21. The molecule has 1 heterocycles. The Morgan fingerprint density at radius 2 is 1.87 bits per heavy atom. The summed E-state index contributed by atoms with van der Waals surface area (Å²) in [7, 11) is -3.59. The molecule has 7 heteroatoms. The molecular formula is C16H21N3O3S. The van der Waals surface area contributed by atoms with Crippen molar-refractivity contribution in [2.45, 2.75) is 31.1 Å². The van der Waals surface area contributed by atoms with Gasteiger partial charge in [-0.3, -0.25) is 4.79 Å². The quantitative estimate of drug-likeness (QED) is 0.836. The summed E-state index contributed by atoms with van der Waals surface area (Å²) in [6.07, 6.45) is 1.93. The molecule has 1 amide bonds. The highest BCUT2D eigenvalue weighted by molar-refractivity contribution is 7.89. The van der Waals surface area contributed by atoms with Crippen LogP contribution >= 0.6 is 0 Å². The van der Waals surface area contributed by atoms with Crippen molar-refractivity contribution in [1.29, 1.82) is 5.26 Å². The number of sulfonamides is 1. The van der Waals surface area contributed by atoms with Gasteiger partial charge in [-0.2, -0.15) is 9.57 Å². The van der Waals surface area contributed by atoms with Crippen molar-refractivity contribution in [2.24, 2.45) is 0 Å². The Morgan fingerprint density at radius 1 is 1.17 bits per heavy atom. The van der Waals surface area contributed by atoms with Crippen LogP contribution in [0.25, 0.3) is 0 Å². The van der Waals surface area contributed by atoms with E-state index in [0.29, 0.717) is 44.6 Å². The Morgan fingerprint density at radius 3 is 2.48 bits per heavy atom. The highest BCUT2D eigenvalue weighted by Crippen LogP contribution is 2.18. The predicted octanol–water partition coefficient (Wildman–Crippen LogP) is 1.58. The van der Waals surface area contributed by atoms with Crippen molar-refractivity contribution < 1.29 is 13.2 Å². The van der Waals surface area contributed by atoms with Gasteiger partial charge in [-0.05, 0) is 37.1 Å². The van der Waals surface area contributed by atoms with Crippen LogP contribution in [0.5, 0.6) is 0 Å². The fourth-order valence-electron chi connectivity index (χ4n) is 2.61. The molecule has 0 unspecified atom stereocenters. The summed E-state index contributed by atoms with van der Waals surface area (Å²) in [6, 6.07) is 7.89. The SMILES string of the molecule is CCCC(=O)N1CCCN(S(=O)(=O)c2ccc(C#N)cc2)CC1. The van der Waals surface area contributed by atoms with E-state index < -0.39 is 10.0 Å². The zero-order valence-electron chi connectivity index (χ0n) is 13.2. The number of rotatable bonds is 4. The third kappa shape index (κ3) is 4.09. The number of benzene rings is 1. The summed E-state index contributed by atoms with van der Waals surface area (Å²) >= 11 is 0. The van der Waals surface area contributed by atoms with Gasteiger partial charge in [-0.15, -0.1) is 0 Å². The van der Waals surface area contributed by atoms with E-state index in [9.17, 15) is 13.2 Å². The number of carbonyl (C=O) groups is 1. The van der Waals surface area contributed by atoms with E-state index in [0.717, 1.165) is 6.42 Å². The molecule has 0 spiro atoms. The van der Waals surface area contributed by atoms with Crippen molar-refractivity contribution in [1.82, 2.24) is 9.21 Å². The van der Waals surface area contributed by atoms with Gasteiger partial charge in [-0.1, -0.05) is 6.92 Å². The largest absolute Gasteiger partial charge is 0.341 e. The minimum absolute atomic E-state index is 0.0881. The Labute approximate surface area is 137 Å². The normalized spacial score (nSPS) is 16.6. The van der Waals surface area contributed by atoms with E-state index in [2.05, 4.69) is 0 Å². The smallest absolute Gasteiger partial charge is 0.243 e. The molecule has 0 atom stereocenters. The van der Waals surface area contributed by atoms with E-state index in [4.69, 9.17) is 5.26 Å². The summed E-state index contributed by atoms with van der Waals surface area (Å²) < 4.78 is 26.8. The summed E-state index contributed by atoms with van der Waals surface area (Å²) in [5.41, 5.74) is 0.427. The lowest BCUT2D eigenvalue weighted by atomic mass is 10.2. The zero-order valence-corrected chi connectivity index (χ0v) is 14.1. The predicted molar refractivity (Wildman–Crippen MR) is 86.0 cm³/mol. The molecule has 1 aliphatic heterocycles. The first-order chi connectivity index (χ1) is 11.0. The molecule has 2 rings (SSSR count). The number of amides is 1. The molecule has 6 nitrogen and oxygen atoms in total. The summed E-state index contributed by atoms with van der Waals surface area (Å²) in [6.45, 7) is 3.68. The molecule has 1 aromatic carbocycles. The van der Waals surface area contributed by atoms with Crippen LogP contribution in [0.3, 0.4) is 0 Å². The van der Waals surface area contributed by atoms with Crippen LogP contribution in [0.2, 0.25) is 0 Å². The minimum atomic E-state index is -3.59. The maximum Gasteiger partial charge on any atom is 0.243 e. The fourth-order valence-corrected chi connectivity index (χ4v) is 4.08. The van der Waals surface area contributed by atoms with E-state index >= 15 is 0 Å². The van der Waals surface area contributed by atoms with Crippen LogP contribution in [-0.2, 0) is 14.8 Å². The molecule has 0 N–H and O–H groups in total. The van der Waals surface area contributed by atoms with Crippen LogP contribution < -0.4 is 0 Å². The topological polar surface area (TPSA) is 81.5 Å². The van der Waals surface area contributed by atoms with Crippen LogP contribution in [-0.4, -0.2) is 49.7 Å². The Hall–Kier alpha value is -1.91. The van der Waals surface area contributed by atoms with Gasteiger partial charge >= 0.3 is 0 Å². The first-order valence-electron chi connectivity index (χ1n) is 7.77. The summed E-state index contributed by atoms with van der Waals surface area (Å²) in [4.78, 5) is 13.9. The third-order valence-corrected chi connectivity index (χ3v) is 5.81. The molecule has 1 aromatic rings. The molecule has 0 radical (unpaired) electrons. The lowest BCUT2D eigenvalue weighted by Crippen LogP contribution is -2.37. The van der Waals surface area contributed by atoms with Crippen LogP contribution in [0, 0.1) is 11.3 Å². The number of nitrogens with zero attached hydrogens (tertiary/aromatic N) is 3. The summed E-state index contributed by atoms with van der Waals surface area (Å²) in [5.74, 6) is 0.0881. The number of carbonyl (C=O) groups excluding carboxylic acids is 1. The van der Waals surface area contributed by atoms with E-state index in [-0.39, 0.29) is 10.8 Å². The van der Waals surface area contributed by atoms with Gasteiger partial charge in [0.2, 0.25) is 15.9 Å². The molecule has 1 fully saturated rings. The van der Waals surface area contributed by atoms with E-state index in [1.54, 1.807) is 4.90 Å². The minimum Gasteiger partial charge on any atom is -0.341 e. The average molecular weight is 335 g/mol. The van der Waals surface area contributed by atoms with E-state index in [1.165, 1.54) is 28.6 Å². The van der Waals surface area contributed by atoms with E-state index in [1.807, 2.05) is 13.0 Å². The number of nitriles is 1. The van der Waals surface area contributed by atoms with Gasteiger partial charge in [0.25, 0.3) is 0 Å². The second-order valence-corrected chi connectivity index (χ2v) is 7.46. The highest BCUT2D eigenvalue weighted by atomic mass is 32.2. The van der Waals surface area contributed by atoms with Crippen molar-refractivity contribution in [3.63, 3.8) is 0 Å². The van der Waals surface area contributed by atoms with Gasteiger partial charge in [0.15, 0.2) is 0 Å². The van der Waals surface area contributed by atoms with Crippen molar-refractivity contribution in [3.05, 3.63) is 29.8 Å². The fraction of sp³-hybridized carbons (Fsp3) is 0.500. The number of hydrogen-bond acceptors (Lipinski definition) is 4. The van der Waals surface area contributed by atoms with Crippen LogP contribution in [0.15, 0.2) is 29.2 Å². The van der Waals surface area contributed by atoms with Gasteiger partial charge in [0.05, 0.1) is 16.5 Å². The monoisotopic (exact) mass is 335 g/mol. The van der Waals surface area contributed by atoms with Gasteiger partial charge in [-0.25, -0.2) is 8.42 Å². The maximum atomic E-state index is 12.7. The lowest BCUT2D eigenvalue weighted by Gasteiger charge is -2.22. The van der Waals surface area contributed by atoms with Crippen molar-refractivity contribution in [2.75, 3.05) is 26.2 Å². The van der Waals surface area contributed by atoms with Gasteiger partial charge in [0, 0.05) is 32.6 Å². The third-order valence-electron chi connectivity index (χ3n) is 3.89. The van der Waals surface area contributed by atoms with Crippen molar-refractivity contribution >= 4 is 15.9 Å². The second kappa shape index (κ2) is 7.57. The molecule has 1 saturated heterocycles. The lowest BCUT2D eigenvalue weighted by molar-refractivity contribution is -0.131. The standard InChI is InChI=1S/C16H21N3O3S/c1-2-4-16(20)18-9-3-10-19(12-11-18)23(21,22)15-7-5-14(13-17)6-8-15/h5-8H,2-4,9-12H2,1H3. The molecule has 0 bridgehead atoms. The van der Waals surface area contributed by atoms with Crippen LogP contribution in [0.4, 0.5) is 0 Å². The van der Waals surface area contributed by atoms with Gasteiger partial charge in [0.1, 0.15) is 0 Å². The molecule has 23 heavy (non-hydrogen) atoms. The number of hydrogen-bond donors (Lipinski definition) is 0. The van der Waals surface area contributed by atoms with Crippen molar-refractivity contribution in [3.8, 4) is 6.07 Å². The second-order valence-electron chi connectivity index (χ2n) is 5.52. The summed E-state index contributed by atoms with van der Waals surface area (Å²) in [5, 5.41) is 8.79.